The first kappa shape index (κ1) is 13.9. The lowest BCUT2D eigenvalue weighted by Gasteiger charge is -2.08. The molecule has 3 heteroatoms. The van der Waals surface area contributed by atoms with E-state index in [2.05, 4.69) is 5.32 Å². The molecule has 0 aliphatic heterocycles. The van der Waals surface area contributed by atoms with E-state index in [0.29, 0.717) is 6.54 Å². The van der Waals surface area contributed by atoms with Crippen molar-refractivity contribution in [1.82, 2.24) is 5.32 Å². The minimum absolute atomic E-state index is 0.125. The molecule has 0 spiro atoms. The first-order valence-corrected chi connectivity index (χ1v) is 6.42. The van der Waals surface area contributed by atoms with Crippen molar-refractivity contribution in [3.05, 3.63) is 71.8 Å². The lowest BCUT2D eigenvalue weighted by molar-refractivity contribution is -0.116. The third kappa shape index (κ3) is 3.99. The van der Waals surface area contributed by atoms with Crippen LogP contribution in [0, 0.1) is 0 Å². The van der Waals surface area contributed by atoms with Crippen molar-refractivity contribution in [2.24, 2.45) is 0 Å². The summed E-state index contributed by atoms with van der Waals surface area (Å²) in [5.74, 6) is 0.652. The number of amides is 1. The van der Waals surface area contributed by atoms with E-state index in [1.54, 1.807) is 13.2 Å². The van der Waals surface area contributed by atoms with Crippen LogP contribution >= 0.6 is 0 Å². The molecule has 0 fully saturated rings. The number of nitrogens with one attached hydrogen (secondary N) is 1. The predicted octanol–water partition coefficient (Wildman–Crippen LogP) is 3.02. The van der Waals surface area contributed by atoms with Gasteiger partial charge in [0.15, 0.2) is 0 Å². The Balaban J connectivity index is 1.91. The Morgan fingerprint density at radius 1 is 1.10 bits per heavy atom. The smallest absolute Gasteiger partial charge is 0.244 e. The largest absolute Gasteiger partial charge is 0.496 e. The van der Waals surface area contributed by atoms with Gasteiger partial charge in [0.1, 0.15) is 5.75 Å². The molecule has 0 saturated carbocycles. The summed E-state index contributed by atoms with van der Waals surface area (Å²) in [5, 5.41) is 2.84. The van der Waals surface area contributed by atoms with Crippen LogP contribution in [0.2, 0.25) is 0 Å². The van der Waals surface area contributed by atoms with Gasteiger partial charge in [0.25, 0.3) is 0 Å². The van der Waals surface area contributed by atoms with E-state index >= 15 is 0 Å². The fourth-order valence-electron chi connectivity index (χ4n) is 1.83. The van der Waals surface area contributed by atoms with Gasteiger partial charge in [-0.2, -0.15) is 0 Å². The second-order valence-corrected chi connectivity index (χ2v) is 4.27. The molecule has 102 valence electrons. The number of para-hydroxylation sites is 1. The van der Waals surface area contributed by atoms with Crippen LogP contribution < -0.4 is 10.1 Å². The highest BCUT2D eigenvalue weighted by molar-refractivity contribution is 5.91. The molecule has 0 saturated heterocycles. The van der Waals surface area contributed by atoms with E-state index < -0.39 is 0 Å². The Kier molecular flexibility index (Phi) is 4.95. The highest BCUT2D eigenvalue weighted by Gasteiger charge is 2.02. The number of ether oxygens (including phenoxy) is 1. The van der Waals surface area contributed by atoms with Crippen molar-refractivity contribution < 1.29 is 9.53 Å². The number of hydrogen-bond acceptors (Lipinski definition) is 2. The molecule has 3 nitrogen and oxygen atoms in total. The molecule has 20 heavy (non-hydrogen) atoms. The Morgan fingerprint density at radius 3 is 2.55 bits per heavy atom. The van der Waals surface area contributed by atoms with E-state index in [9.17, 15) is 4.79 Å². The maximum Gasteiger partial charge on any atom is 0.244 e. The van der Waals surface area contributed by atoms with Crippen LogP contribution in [0.3, 0.4) is 0 Å². The Bertz CT molecular complexity index is 591. The summed E-state index contributed by atoms with van der Waals surface area (Å²) in [6.45, 7) is 0.446. The molecule has 1 amide bonds. The molecule has 0 bridgehead atoms. The average molecular weight is 267 g/mol. The van der Waals surface area contributed by atoms with E-state index in [-0.39, 0.29) is 5.91 Å². The third-order valence-electron chi connectivity index (χ3n) is 2.87. The SMILES string of the molecule is COc1ccccc1CNC(=O)C=Cc1ccccc1. The van der Waals surface area contributed by atoms with Crippen LogP contribution in [0.1, 0.15) is 11.1 Å². The molecule has 0 aromatic heterocycles. The molecule has 0 unspecified atom stereocenters. The molecule has 0 radical (unpaired) electrons. The normalized spacial score (nSPS) is 10.4. The Labute approximate surface area is 118 Å². The van der Waals surface area contributed by atoms with Crippen molar-refractivity contribution in [2.45, 2.75) is 6.54 Å². The fourth-order valence-corrected chi connectivity index (χ4v) is 1.83. The quantitative estimate of drug-likeness (QED) is 0.846. The summed E-state index contributed by atoms with van der Waals surface area (Å²) in [7, 11) is 1.62. The number of carbonyl (C=O) groups excluding carboxylic acids is 1. The van der Waals surface area contributed by atoms with E-state index in [4.69, 9.17) is 4.74 Å². The van der Waals surface area contributed by atoms with Gasteiger partial charge in [0, 0.05) is 18.2 Å². The average Bonchev–Trinajstić information content (AvgIpc) is 2.52. The van der Waals surface area contributed by atoms with Gasteiger partial charge in [0.2, 0.25) is 5.91 Å². The molecular weight excluding hydrogens is 250 g/mol. The zero-order valence-electron chi connectivity index (χ0n) is 11.4. The summed E-state index contributed by atoms with van der Waals surface area (Å²) >= 11 is 0. The predicted molar refractivity (Wildman–Crippen MR) is 80.3 cm³/mol. The van der Waals surface area contributed by atoms with Crippen molar-refractivity contribution in [1.29, 1.82) is 0 Å². The summed E-state index contributed by atoms with van der Waals surface area (Å²) in [6, 6.07) is 17.3. The zero-order valence-corrected chi connectivity index (χ0v) is 11.4. The molecular formula is C17H17NO2. The van der Waals surface area contributed by atoms with Crippen molar-refractivity contribution >= 4 is 12.0 Å². The molecule has 2 aromatic rings. The zero-order chi connectivity index (χ0) is 14.2. The number of carbonyl (C=O) groups is 1. The monoisotopic (exact) mass is 267 g/mol. The minimum atomic E-state index is -0.125. The van der Waals surface area contributed by atoms with E-state index in [0.717, 1.165) is 16.9 Å². The van der Waals surface area contributed by atoms with E-state index in [1.807, 2.05) is 54.6 Å². The first-order chi connectivity index (χ1) is 9.79. The standard InChI is InChI=1S/C17H17NO2/c1-20-16-10-6-5-9-15(16)13-18-17(19)12-11-14-7-3-2-4-8-14/h2-12H,13H2,1H3,(H,18,19). The summed E-state index contributed by atoms with van der Waals surface area (Å²) in [5.41, 5.74) is 1.96. The second kappa shape index (κ2) is 7.14. The van der Waals surface area contributed by atoms with Crippen LogP contribution in [0.15, 0.2) is 60.7 Å². The van der Waals surface area contributed by atoms with E-state index in [1.165, 1.54) is 6.08 Å². The van der Waals surface area contributed by atoms with Gasteiger partial charge in [-0.25, -0.2) is 0 Å². The van der Waals surface area contributed by atoms with Crippen LogP contribution in [0.5, 0.6) is 5.75 Å². The fraction of sp³-hybridized carbons (Fsp3) is 0.118. The summed E-state index contributed by atoms with van der Waals surface area (Å²) in [6.07, 6.45) is 3.32. The third-order valence-corrected chi connectivity index (χ3v) is 2.87. The van der Waals surface area contributed by atoms with Crippen LogP contribution in [0.25, 0.3) is 6.08 Å². The molecule has 2 rings (SSSR count). The maximum absolute atomic E-state index is 11.8. The van der Waals surface area contributed by atoms with Crippen molar-refractivity contribution in [3.8, 4) is 5.75 Å². The lowest BCUT2D eigenvalue weighted by Crippen LogP contribution is -2.20. The van der Waals surface area contributed by atoms with Crippen LogP contribution in [0.4, 0.5) is 0 Å². The number of rotatable bonds is 5. The minimum Gasteiger partial charge on any atom is -0.496 e. The van der Waals surface area contributed by atoms with Gasteiger partial charge in [-0.1, -0.05) is 48.5 Å². The summed E-state index contributed by atoms with van der Waals surface area (Å²) < 4.78 is 5.24. The number of hydrogen-bond donors (Lipinski definition) is 1. The van der Waals surface area contributed by atoms with Crippen molar-refractivity contribution in [2.75, 3.05) is 7.11 Å². The van der Waals surface area contributed by atoms with Gasteiger partial charge in [0.05, 0.1) is 7.11 Å². The lowest BCUT2D eigenvalue weighted by atomic mass is 10.2. The molecule has 2 aromatic carbocycles. The number of methoxy groups -OCH3 is 1. The van der Waals surface area contributed by atoms with Gasteiger partial charge in [-0.3, -0.25) is 4.79 Å². The molecule has 1 N–H and O–H groups in total. The Morgan fingerprint density at radius 2 is 1.80 bits per heavy atom. The van der Waals surface area contributed by atoms with Gasteiger partial charge in [-0.05, 0) is 17.7 Å². The molecule has 0 atom stereocenters. The highest BCUT2D eigenvalue weighted by atomic mass is 16.5. The van der Waals surface area contributed by atoms with Crippen molar-refractivity contribution in [3.63, 3.8) is 0 Å². The second-order valence-electron chi connectivity index (χ2n) is 4.27. The number of benzene rings is 2. The maximum atomic E-state index is 11.8. The van der Waals surface area contributed by atoms with Gasteiger partial charge >= 0.3 is 0 Å². The molecule has 0 aliphatic rings. The van der Waals surface area contributed by atoms with Gasteiger partial charge in [-0.15, -0.1) is 0 Å². The van der Waals surface area contributed by atoms with Crippen LogP contribution in [-0.4, -0.2) is 13.0 Å². The molecule has 0 aliphatic carbocycles. The molecule has 0 heterocycles. The summed E-state index contributed by atoms with van der Waals surface area (Å²) in [4.78, 5) is 11.8. The first-order valence-electron chi connectivity index (χ1n) is 6.42. The van der Waals surface area contributed by atoms with Gasteiger partial charge < -0.3 is 10.1 Å². The Hall–Kier alpha value is -2.55. The highest BCUT2D eigenvalue weighted by Crippen LogP contribution is 2.16. The van der Waals surface area contributed by atoms with Crippen LogP contribution in [-0.2, 0) is 11.3 Å². The topological polar surface area (TPSA) is 38.3 Å².